The molecule has 2 N–H and O–H groups in total. The number of carbonyl (C=O) groups is 1. The van der Waals surface area contributed by atoms with Crippen molar-refractivity contribution < 1.29 is 9.53 Å². The Kier molecular flexibility index (Phi) is 9.57. The first kappa shape index (κ1) is 24.1. The van der Waals surface area contributed by atoms with Gasteiger partial charge in [-0.1, -0.05) is 19.1 Å². The number of aromatic nitrogens is 2. The lowest BCUT2D eigenvalue weighted by Gasteiger charge is -2.34. The third kappa shape index (κ3) is 6.69. The minimum atomic E-state index is -0.0203. The van der Waals surface area contributed by atoms with E-state index >= 15 is 0 Å². The second kappa shape index (κ2) is 11.9. The van der Waals surface area contributed by atoms with Gasteiger partial charge in [-0.05, 0) is 24.1 Å². The van der Waals surface area contributed by atoms with E-state index in [1.807, 2.05) is 50.6 Å². The SMILES string of the molecule is CCCC(=O)Nc1cccc(CNC(=NC)N2CCOC(c3cnn(C)c3)C2)c1.I. The first-order valence-corrected chi connectivity index (χ1v) is 10.0. The smallest absolute Gasteiger partial charge is 0.224 e. The van der Waals surface area contributed by atoms with Crippen molar-refractivity contribution in [2.24, 2.45) is 12.0 Å². The molecule has 164 valence electrons. The number of rotatable bonds is 6. The Labute approximate surface area is 195 Å². The lowest BCUT2D eigenvalue weighted by Crippen LogP contribution is -2.47. The van der Waals surface area contributed by atoms with Crippen LogP contribution in [0.1, 0.15) is 37.0 Å². The average molecular weight is 526 g/mol. The predicted molar refractivity (Wildman–Crippen MR) is 129 cm³/mol. The number of carbonyl (C=O) groups excluding carboxylic acids is 1. The molecule has 0 saturated carbocycles. The van der Waals surface area contributed by atoms with E-state index in [1.54, 1.807) is 11.7 Å². The summed E-state index contributed by atoms with van der Waals surface area (Å²) in [5.41, 5.74) is 2.97. The first-order valence-electron chi connectivity index (χ1n) is 10.0. The van der Waals surface area contributed by atoms with Gasteiger partial charge in [-0.25, -0.2) is 0 Å². The van der Waals surface area contributed by atoms with Gasteiger partial charge >= 0.3 is 0 Å². The highest BCUT2D eigenvalue weighted by Gasteiger charge is 2.25. The van der Waals surface area contributed by atoms with E-state index in [-0.39, 0.29) is 36.0 Å². The molecule has 9 heteroatoms. The number of hydrogen-bond acceptors (Lipinski definition) is 4. The molecule has 1 fully saturated rings. The summed E-state index contributed by atoms with van der Waals surface area (Å²) >= 11 is 0. The molecule has 0 bridgehead atoms. The van der Waals surface area contributed by atoms with Gasteiger partial charge in [0.25, 0.3) is 0 Å². The number of amides is 1. The van der Waals surface area contributed by atoms with Crippen molar-refractivity contribution in [3.8, 4) is 0 Å². The Balaban J connectivity index is 0.00000320. The molecule has 8 nitrogen and oxygen atoms in total. The zero-order chi connectivity index (χ0) is 20.6. The van der Waals surface area contributed by atoms with Crippen molar-refractivity contribution in [3.63, 3.8) is 0 Å². The fourth-order valence-electron chi connectivity index (χ4n) is 3.37. The van der Waals surface area contributed by atoms with Gasteiger partial charge in [-0.3, -0.25) is 14.5 Å². The maximum Gasteiger partial charge on any atom is 0.224 e. The number of hydrogen-bond donors (Lipinski definition) is 2. The Morgan fingerprint density at radius 1 is 1.40 bits per heavy atom. The van der Waals surface area contributed by atoms with Crippen LogP contribution < -0.4 is 10.6 Å². The Hall–Kier alpha value is -2.14. The predicted octanol–water partition coefficient (Wildman–Crippen LogP) is 2.93. The van der Waals surface area contributed by atoms with Gasteiger partial charge in [0.2, 0.25) is 5.91 Å². The maximum absolute atomic E-state index is 11.8. The van der Waals surface area contributed by atoms with E-state index in [0.29, 0.717) is 19.6 Å². The van der Waals surface area contributed by atoms with Crippen LogP contribution in [0.15, 0.2) is 41.7 Å². The number of ether oxygens (including phenoxy) is 1. The van der Waals surface area contributed by atoms with Gasteiger partial charge in [0, 0.05) is 51.1 Å². The number of aliphatic imine (C=N–C) groups is 1. The molecule has 2 aromatic rings. The van der Waals surface area contributed by atoms with Gasteiger partial charge < -0.3 is 20.3 Å². The summed E-state index contributed by atoms with van der Waals surface area (Å²) in [5.74, 6) is 0.880. The molecule has 3 rings (SSSR count). The summed E-state index contributed by atoms with van der Waals surface area (Å²) in [4.78, 5) is 18.5. The first-order chi connectivity index (χ1) is 14.1. The fourth-order valence-corrected chi connectivity index (χ4v) is 3.37. The molecule has 2 heterocycles. The van der Waals surface area contributed by atoms with Crippen molar-refractivity contribution in [1.29, 1.82) is 0 Å². The quantitative estimate of drug-likeness (QED) is 0.344. The van der Waals surface area contributed by atoms with E-state index in [0.717, 1.165) is 42.3 Å². The molecule has 1 aromatic heterocycles. The summed E-state index contributed by atoms with van der Waals surface area (Å²) < 4.78 is 7.71. The highest BCUT2D eigenvalue weighted by Crippen LogP contribution is 2.21. The Morgan fingerprint density at radius 3 is 2.93 bits per heavy atom. The third-order valence-corrected chi connectivity index (χ3v) is 4.81. The van der Waals surface area contributed by atoms with E-state index in [1.165, 1.54) is 0 Å². The van der Waals surface area contributed by atoms with Crippen LogP contribution in [0.2, 0.25) is 0 Å². The Morgan fingerprint density at radius 2 is 2.23 bits per heavy atom. The lowest BCUT2D eigenvalue weighted by atomic mass is 10.1. The van der Waals surface area contributed by atoms with Crippen LogP contribution in [0.5, 0.6) is 0 Å². The molecule has 1 aliphatic rings. The van der Waals surface area contributed by atoms with Crippen molar-refractivity contribution >= 4 is 41.5 Å². The highest BCUT2D eigenvalue weighted by molar-refractivity contribution is 14.0. The standard InChI is InChI=1S/C21H30N6O2.HI/c1-4-6-20(28)25-18-8-5-7-16(11-18)12-23-21(22-2)27-9-10-29-19(15-27)17-13-24-26(3)14-17;/h5,7-8,11,13-14,19H,4,6,9-10,12,15H2,1-3H3,(H,22,23)(H,25,28);1H. The molecule has 0 aliphatic carbocycles. The third-order valence-electron chi connectivity index (χ3n) is 4.81. The molecule has 30 heavy (non-hydrogen) atoms. The van der Waals surface area contributed by atoms with Gasteiger partial charge in [0.15, 0.2) is 5.96 Å². The fraction of sp³-hybridized carbons (Fsp3) is 0.476. The van der Waals surface area contributed by atoms with Crippen molar-refractivity contribution in [3.05, 3.63) is 47.8 Å². The second-order valence-electron chi connectivity index (χ2n) is 7.15. The van der Waals surface area contributed by atoms with E-state index in [4.69, 9.17) is 4.74 Å². The molecule has 0 radical (unpaired) electrons. The molecular formula is C21H31IN6O2. The number of nitrogens with zero attached hydrogens (tertiary/aromatic N) is 4. The molecule has 0 spiro atoms. The van der Waals surface area contributed by atoms with Gasteiger partial charge in [-0.2, -0.15) is 5.10 Å². The molecular weight excluding hydrogens is 495 g/mol. The van der Waals surface area contributed by atoms with Crippen molar-refractivity contribution in [1.82, 2.24) is 20.0 Å². The summed E-state index contributed by atoms with van der Waals surface area (Å²) in [5, 5.41) is 10.6. The number of guanidine groups is 1. The van der Waals surface area contributed by atoms with Crippen LogP contribution in [0, 0.1) is 0 Å². The van der Waals surface area contributed by atoms with Crippen LogP contribution in [0.3, 0.4) is 0 Å². The average Bonchev–Trinajstić information content (AvgIpc) is 3.16. The van der Waals surface area contributed by atoms with E-state index < -0.39 is 0 Å². The second-order valence-corrected chi connectivity index (χ2v) is 7.15. The monoisotopic (exact) mass is 526 g/mol. The normalized spacial score (nSPS) is 16.7. The zero-order valence-corrected chi connectivity index (χ0v) is 20.1. The summed E-state index contributed by atoms with van der Waals surface area (Å²) in [6.07, 6.45) is 5.19. The summed E-state index contributed by atoms with van der Waals surface area (Å²) in [7, 11) is 3.70. The van der Waals surface area contributed by atoms with Crippen LogP contribution in [0.4, 0.5) is 5.69 Å². The number of anilines is 1. The molecule has 1 unspecified atom stereocenters. The molecule has 1 aromatic carbocycles. The summed E-state index contributed by atoms with van der Waals surface area (Å²) in [6, 6.07) is 7.89. The molecule has 1 amide bonds. The number of nitrogens with one attached hydrogen (secondary N) is 2. The topological polar surface area (TPSA) is 83.8 Å². The molecule has 1 saturated heterocycles. The van der Waals surface area contributed by atoms with Crippen LogP contribution in [0.25, 0.3) is 0 Å². The van der Waals surface area contributed by atoms with Crippen LogP contribution >= 0.6 is 24.0 Å². The summed E-state index contributed by atoms with van der Waals surface area (Å²) in [6.45, 7) is 4.76. The van der Waals surface area contributed by atoms with E-state index in [9.17, 15) is 4.79 Å². The van der Waals surface area contributed by atoms with Gasteiger partial charge in [-0.15, -0.1) is 24.0 Å². The molecule has 1 atom stereocenters. The zero-order valence-electron chi connectivity index (χ0n) is 17.8. The number of halogens is 1. The maximum atomic E-state index is 11.8. The number of morpholine rings is 1. The van der Waals surface area contributed by atoms with E-state index in [2.05, 4.69) is 25.6 Å². The number of benzene rings is 1. The highest BCUT2D eigenvalue weighted by atomic mass is 127. The van der Waals surface area contributed by atoms with Crippen LogP contribution in [-0.2, 0) is 23.1 Å². The van der Waals surface area contributed by atoms with Crippen molar-refractivity contribution in [2.75, 3.05) is 32.1 Å². The minimum Gasteiger partial charge on any atom is -0.370 e. The largest absolute Gasteiger partial charge is 0.370 e. The minimum absolute atomic E-state index is 0. The molecule has 1 aliphatic heterocycles. The Bertz CT molecular complexity index is 854. The number of aryl methyl sites for hydroxylation is 1. The van der Waals surface area contributed by atoms with Crippen LogP contribution in [-0.4, -0.2) is 53.3 Å². The van der Waals surface area contributed by atoms with Crippen molar-refractivity contribution in [2.45, 2.75) is 32.4 Å². The van der Waals surface area contributed by atoms with Gasteiger partial charge in [0.1, 0.15) is 6.10 Å². The lowest BCUT2D eigenvalue weighted by molar-refractivity contribution is -0.116. The van der Waals surface area contributed by atoms with Gasteiger partial charge in [0.05, 0.1) is 19.3 Å².